The van der Waals surface area contributed by atoms with E-state index < -0.39 is 0 Å². The van der Waals surface area contributed by atoms with Crippen LogP contribution in [0.4, 0.5) is 5.69 Å². The standard InChI is InChI=1S/C21H19N3O4S2/c1-2-16-10-17-19(30-16)23-21(24(20(17)27)11-15-4-3-9-28-15)29-12-18(26)22-13-5-7-14(25)8-6-13/h3-10,25H,2,11-12H2,1H3,(H,22,26). The number of carbonyl (C=O) groups excluding carboxylic acids is 1. The molecule has 30 heavy (non-hydrogen) atoms. The molecule has 0 aliphatic rings. The number of rotatable bonds is 7. The van der Waals surface area contributed by atoms with Gasteiger partial charge < -0.3 is 14.8 Å². The van der Waals surface area contributed by atoms with E-state index >= 15 is 0 Å². The number of benzene rings is 1. The summed E-state index contributed by atoms with van der Waals surface area (Å²) in [5, 5.41) is 13.2. The zero-order valence-electron chi connectivity index (χ0n) is 16.1. The van der Waals surface area contributed by atoms with Crippen LogP contribution in [0, 0.1) is 0 Å². The molecule has 7 nitrogen and oxygen atoms in total. The van der Waals surface area contributed by atoms with Gasteiger partial charge in [-0.1, -0.05) is 18.7 Å². The number of phenols is 1. The molecule has 0 aliphatic heterocycles. The third-order valence-corrected chi connectivity index (χ3v) is 6.54. The van der Waals surface area contributed by atoms with Gasteiger partial charge in [-0.15, -0.1) is 11.3 Å². The summed E-state index contributed by atoms with van der Waals surface area (Å²) in [5.74, 6) is 0.622. The van der Waals surface area contributed by atoms with Crippen LogP contribution >= 0.6 is 23.1 Å². The lowest BCUT2D eigenvalue weighted by molar-refractivity contribution is -0.113. The fourth-order valence-electron chi connectivity index (χ4n) is 2.90. The van der Waals surface area contributed by atoms with Crippen molar-refractivity contribution in [2.24, 2.45) is 0 Å². The maximum Gasteiger partial charge on any atom is 0.263 e. The number of aromatic hydroxyl groups is 1. The molecular weight excluding hydrogens is 422 g/mol. The second-order valence-electron chi connectivity index (χ2n) is 6.53. The lowest BCUT2D eigenvalue weighted by Gasteiger charge is -2.11. The van der Waals surface area contributed by atoms with E-state index in [1.165, 1.54) is 35.2 Å². The molecule has 0 bridgehead atoms. The number of aromatic nitrogens is 2. The molecule has 4 rings (SSSR count). The molecule has 0 unspecified atom stereocenters. The van der Waals surface area contributed by atoms with Gasteiger partial charge >= 0.3 is 0 Å². The quantitative estimate of drug-likeness (QED) is 0.255. The summed E-state index contributed by atoms with van der Waals surface area (Å²) in [6, 6.07) is 11.7. The van der Waals surface area contributed by atoms with E-state index in [9.17, 15) is 14.7 Å². The number of thioether (sulfide) groups is 1. The number of nitrogens with zero attached hydrogens (tertiary/aromatic N) is 2. The number of hydrogen-bond donors (Lipinski definition) is 2. The summed E-state index contributed by atoms with van der Waals surface area (Å²) in [4.78, 5) is 31.9. The van der Waals surface area contributed by atoms with Crippen LogP contribution < -0.4 is 10.9 Å². The SMILES string of the molecule is CCc1cc2c(=O)n(Cc3ccco3)c(SCC(=O)Nc3ccc(O)cc3)nc2s1. The Labute approximate surface area is 180 Å². The van der Waals surface area contributed by atoms with Gasteiger partial charge in [0.2, 0.25) is 5.91 Å². The summed E-state index contributed by atoms with van der Waals surface area (Å²) in [7, 11) is 0. The number of amides is 1. The monoisotopic (exact) mass is 441 g/mol. The highest BCUT2D eigenvalue weighted by Crippen LogP contribution is 2.26. The van der Waals surface area contributed by atoms with Gasteiger partial charge in [-0.05, 0) is 48.9 Å². The van der Waals surface area contributed by atoms with Gasteiger partial charge in [-0.2, -0.15) is 0 Å². The van der Waals surface area contributed by atoms with E-state index in [4.69, 9.17) is 4.42 Å². The molecule has 0 atom stereocenters. The van der Waals surface area contributed by atoms with Crippen molar-refractivity contribution >= 4 is 44.9 Å². The minimum atomic E-state index is -0.231. The summed E-state index contributed by atoms with van der Waals surface area (Å²) >= 11 is 2.70. The summed E-state index contributed by atoms with van der Waals surface area (Å²) in [6.45, 7) is 2.28. The second-order valence-corrected chi connectivity index (χ2v) is 8.59. The van der Waals surface area contributed by atoms with Crippen molar-refractivity contribution in [3.63, 3.8) is 0 Å². The largest absolute Gasteiger partial charge is 0.508 e. The molecule has 154 valence electrons. The first-order valence-electron chi connectivity index (χ1n) is 9.31. The smallest absolute Gasteiger partial charge is 0.263 e. The van der Waals surface area contributed by atoms with Crippen LogP contribution in [0.15, 0.2) is 63.1 Å². The van der Waals surface area contributed by atoms with Gasteiger partial charge in [0.05, 0.1) is 23.9 Å². The molecule has 3 aromatic heterocycles. The number of carbonyl (C=O) groups is 1. The molecular formula is C21H19N3O4S2. The van der Waals surface area contributed by atoms with Crippen LogP contribution in [0.2, 0.25) is 0 Å². The Morgan fingerprint density at radius 2 is 2.10 bits per heavy atom. The van der Waals surface area contributed by atoms with E-state index in [0.29, 0.717) is 26.8 Å². The molecule has 2 N–H and O–H groups in total. The molecule has 3 heterocycles. The second kappa shape index (κ2) is 8.76. The predicted molar refractivity (Wildman–Crippen MR) is 119 cm³/mol. The van der Waals surface area contributed by atoms with Crippen molar-refractivity contribution in [3.8, 4) is 5.75 Å². The normalized spacial score (nSPS) is 11.1. The molecule has 9 heteroatoms. The fourth-order valence-corrected chi connectivity index (χ4v) is 4.71. The van der Waals surface area contributed by atoms with Crippen LogP contribution in [-0.2, 0) is 17.8 Å². The molecule has 0 radical (unpaired) electrons. The zero-order chi connectivity index (χ0) is 21.1. The third-order valence-electron chi connectivity index (χ3n) is 4.39. The van der Waals surface area contributed by atoms with E-state index in [0.717, 1.165) is 11.3 Å². The van der Waals surface area contributed by atoms with Crippen molar-refractivity contribution in [2.75, 3.05) is 11.1 Å². The predicted octanol–water partition coefficient (Wildman–Crippen LogP) is 4.10. The van der Waals surface area contributed by atoms with E-state index in [1.807, 2.05) is 13.0 Å². The number of nitrogens with one attached hydrogen (secondary N) is 1. The van der Waals surface area contributed by atoms with E-state index in [2.05, 4.69) is 10.3 Å². The number of phenolic OH excluding ortho intramolecular Hbond substituents is 1. The van der Waals surface area contributed by atoms with Gasteiger partial charge in [0.25, 0.3) is 5.56 Å². The Morgan fingerprint density at radius 1 is 1.30 bits per heavy atom. The summed E-state index contributed by atoms with van der Waals surface area (Å²) < 4.78 is 6.95. The van der Waals surface area contributed by atoms with Crippen molar-refractivity contribution in [3.05, 3.63) is 69.7 Å². The maximum absolute atomic E-state index is 13.1. The number of anilines is 1. The Kier molecular flexibility index (Phi) is 5.91. The number of aryl methyl sites for hydroxylation is 1. The molecule has 0 saturated heterocycles. The minimum absolute atomic E-state index is 0.0863. The van der Waals surface area contributed by atoms with Crippen LogP contribution in [0.5, 0.6) is 5.75 Å². The number of furan rings is 1. The molecule has 4 aromatic rings. The first kappa shape index (κ1) is 20.2. The molecule has 1 amide bonds. The average Bonchev–Trinajstić information content (AvgIpc) is 3.40. The molecule has 1 aromatic carbocycles. The van der Waals surface area contributed by atoms with Gasteiger partial charge in [-0.25, -0.2) is 4.98 Å². The molecule has 0 aliphatic carbocycles. The topological polar surface area (TPSA) is 97.4 Å². The lowest BCUT2D eigenvalue weighted by atomic mass is 10.3. The number of thiophene rings is 1. The van der Waals surface area contributed by atoms with Crippen LogP contribution in [-0.4, -0.2) is 26.3 Å². The Hall–Kier alpha value is -3.04. The van der Waals surface area contributed by atoms with Gasteiger partial charge in [0.15, 0.2) is 5.16 Å². The van der Waals surface area contributed by atoms with Crippen LogP contribution in [0.3, 0.4) is 0 Å². The fraction of sp³-hybridized carbons (Fsp3) is 0.190. The van der Waals surface area contributed by atoms with Crippen molar-refractivity contribution in [1.82, 2.24) is 9.55 Å². The first-order valence-corrected chi connectivity index (χ1v) is 11.1. The maximum atomic E-state index is 13.1. The van der Waals surface area contributed by atoms with Gasteiger partial charge in [0.1, 0.15) is 16.3 Å². The Morgan fingerprint density at radius 3 is 2.80 bits per heavy atom. The van der Waals surface area contributed by atoms with Crippen molar-refractivity contribution in [2.45, 2.75) is 25.0 Å². The third kappa shape index (κ3) is 4.42. The molecule has 0 spiro atoms. The highest BCUT2D eigenvalue weighted by Gasteiger charge is 2.16. The Bertz CT molecular complexity index is 1230. The first-order chi connectivity index (χ1) is 14.5. The van der Waals surface area contributed by atoms with Gasteiger partial charge in [-0.3, -0.25) is 14.2 Å². The highest BCUT2D eigenvalue weighted by molar-refractivity contribution is 7.99. The van der Waals surface area contributed by atoms with Crippen LogP contribution in [0.1, 0.15) is 17.6 Å². The van der Waals surface area contributed by atoms with Crippen LogP contribution in [0.25, 0.3) is 10.2 Å². The van der Waals surface area contributed by atoms with Gasteiger partial charge in [0, 0.05) is 10.6 Å². The highest BCUT2D eigenvalue weighted by atomic mass is 32.2. The Balaban J connectivity index is 1.60. The van der Waals surface area contributed by atoms with E-state index in [1.54, 1.807) is 35.1 Å². The lowest BCUT2D eigenvalue weighted by Crippen LogP contribution is -2.24. The van der Waals surface area contributed by atoms with E-state index in [-0.39, 0.29) is 29.5 Å². The zero-order valence-corrected chi connectivity index (χ0v) is 17.8. The van der Waals surface area contributed by atoms with Crippen molar-refractivity contribution in [1.29, 1.82) is 0 Å². The minimum Gasteiger partial charge on any atom is -0.508 e. The number of fused-ring (bicyclic) bond motifs is 1. The molecule has 0 saturated carbocycles. The average molecular weight is 442 g/mol. The summed E-state index contributed by atoms with van der Waals surface area (Å²) in [6.07, 6.45) is 2.39. The molecule has 0 fully saturated rings. The summed E-state index contributed by atoms with van der Waals surface area (Å²) in [5.41, 5.74) is 0.439. The van der Waals surface area contributed by atoms with Crippen molar-refractivity contribution < 1.29 is 14.3 Å². The number of hydrogen-bond acceptors (Lipinski definition) is 7.